The Hall–Kier alpha value is -2.42. The lowest BCUT2D eigenvalue weighted by Gasteiger charge is -2.28. The quantitative estimate of drug-likeness (QED) is 0.673. The monoisotopic (exact) mass is 317 g/mol. The van der Waals surface area contributed by atoms with Gasteiger partial charge in [-0.2, -0.15) is 0 Å². The highest BCUT2D eigenvalue weighted by atomic mass is 15.3. The van der Waals surface area contributed by atoms with Crippen LogP contribution in [0.4, 0.5) is 5.82 Å². The van der Waals surface area contributed by atoms with Crippen LogP contribution in [-0.2, 0) is 0 Å². The summed E-state index contributed by atoms with van der Waals surface area (Å²) in [7, 11) is 0. The van der Waals surface area contributed by atoms with E-state index < -0.39 is 0 Å². The summed E-state index contributed by atoms with van der Waals surface area (Å²) in [4.78, 5) is 2.39. The van der Waals surface area contributed by atoms with E-state index in [0.29, 0.717) is 0 Å². The number of aryl methyl sites for hydroxylation is 2. The van der Waals surface area contributed by atoms with Gasteiger partial charge in [0, 0.05) is 29.4 Å². The van der Waals surface area contributed by atoms with E-state index in [4.69, 9.17) is 0 Å². The van der Waals surface area contributed by atoms with Crippen LogP contribution in [0.2, 0.25) is 0 Å². The molecule has 0 aliphatic carbocycles. The number of fused-ring (bicyclic) bond motifs is 1. The number of nitrogens with zero attached hydrogens (tertiary/aromatic N) is 3. The average Bonchev–Trinajstić information content (AvgIpc) is 2.64. The Labute approximate surface area is 143 Å². The summed E-state index contributed by atoms with van der Waals surface area (Å²) < 4.78 is 0. The van der Waals surface area contributed by atoms with E-state index in [1.54, 1.807) is 0 Å². The van der Waals surface area contributed by atoms with Crippen molar-refractivity contribution in [2.45, 2.75) is 33.1 Å². The van der Waals surface area contributed by atoms with Crippen LogP contribution >= 0.6 is 0 Å². The van der Waals surface area contributed by atoms with Gasteiger partial charge in [-0.15, -0.1) is 10.2 Å². The van der Waals surface area contributed by atoms with E-state index in [0.717, 1.165) is 30.2 Å². The highest BCUT2D eigenvalue weighted by molar-refractivity contribution is 6.00. The average molecular weight is 317 g/mol. The fraction of sp³-hybridized carbons (Fsp3) is 0.333. The molecule has 0 radical (unpaired) electrons. The third-order valence-corrected chi connectivity index (χ3v) is 5.10. The third-order valence-electron chi connectivity index (χ3n) is 5.10. The topological polar surface area (TPSA) is 29.0 Å². The summed E-state index contributed by atoms with van der Waals surface area (Å²) in [5.41, 5.74) is 4.72. The summed E-state index contributed by atoms with van der Waals surface area (Å²) in [5.74, 6) is 1.04. The van der Waals surface area contributed by atoms with Crippen molar-refractivity contribution >= 4 is 16.6 Å². The Morgan fingerprint density at radius 3 is 2.29 bits per heavy atom. The Morgan fingerprint density at radius 1 is 0.792 bits per heavy atom. The molecule has 0 spiro atoms. The fourth-order valence-corrected chi connectivity index (χ4v) is 3.53. The van der Waals surface area contributed by atoms with Gasteiger partial charge in [-0.1, -0.05) is 36.4 Å². The Balaban J connectivity index is 1.87. The van der Waals surface area contributed by atoms with Crippen LogP contribution in [0.1, 0.15) is 30.4 Å². The third kappa shape index (κ3) is 2.64. The Bertz CT molecular complexity index is 879. The number of aromatic nitrogens is 2. The first-order valence-electron chi connectivity index (χ1n) is 8.82. The molecule has 0 saturated carbocycles. The lowest BCUT2D eigenvalue weighted by molar-refractivity contribution is 0.573. The van der Waals surface area contributed by atoms with E-state index in [1.807, 2.05) is 0 Å². The zero-order chi connectivity index (χ0) is 16.5. The van der Waals surface area contributed by atoms with Gasteiger partial charge in [0.15, 0.2) is 5.82 Å². The molecule has 122 valence electrons. The molecule has 1 saturated heterocycles. The number of rotatable bonds is 2. The molecule has 0 amide bonds. The molecule has 3 aromatic rings. The minimum atomic E-state index is 0.981. The maximum absolute atomic E-state index is 4.63. The van der Waals surface area contributed by atoms with Crippen molar-refractivity contribution < 1.29 is 0 Å². The predicted molar refractivity (Wildman–Crippen MR) is 101 cm³/mol. The maximum atomic E-state index is 4.63. The predicted octanol–water partition coefficient (Wildman–Crippen LogP) is 4.90. The maximum Gasteiger partial charge on any atom is 0.159 e. The lowest BCUT2D eigenvalue weighted by atomic mass is 10.0. The first-order chi connectivity index (χ1) is 11.7. The van der Waals surface area contributed by atoms with Crippen LogP contribution < -0.4 is 4.90 Å². The molecule has 2 aromatic carbocycles. The number of anilines is 1. The number of piperidine rings is 1. The van der Waals surface area contributed by atoms with E-state index in [2.05, 4.69) is 71.4 Å². The first-order valence-corrected chi connectivity index (χ1v) is 8.82. The highest BCUT2D eigenvalue weighted by Gasteiger charge is 2.18. The molecule has 0 atom stereocenters. The van der Waals surface area contributed by atoms with Crippen molar-refractivity contribution in [3.05, 3.63) is 53.6 Å². The number of hydrogen-bond donors (Lipinski definition) is 0. The molecule has 4 rings (SSSR count). The van der Waals surface area contributed by atoms with E-state index in [1.165, 1.54) is 41.2 Å². The first kappa shape index (κ1) is 15.1. The molecule has 1 aromatic heterocycles. The second kappa shape index (κ2) is 6.23. The lowest BCUT2D eigenvalue weighted by Crippen LogP contribution is -2.30. The molecule has 2 heterocycles. The highest BCUT2D eigenvalue weighted by Crippen LogP contribution is 2.32. The Kier molecular flexibility index (Phi) is 3.93. The van der Waals surface area contributed by atoms with Crippen LogP contribution in [-0.4, -0.2) is 23.3 Å². The van der Waals surface area contributed by atoms with Crippen molar-refractivity contribution in [3.63, 3.8) is 0 Å². The van der Waals surface area contributed by atoms with Gasteiger partial charge < -0.3 is 4.90 Å². The molecule has 3 nitrogen and oxygen atoms in total. The largest absolute Gasteiger partial charge is 0.355 e. The van der Waals surface area contributed by atoms with Gasteiger partial charge in [0.05, 0.1) is 0 Å². The molecule has 1 aliphatic rings. The summed E-state index contributed by atoms with van der Waals surface area (Å²) in [6, 6.07) is 15.1. The molecular weight excluding hydrogens is 294 g/mol. The minimum Gasteiger partial charge on any atom is -0.355 e. The van der Waals surface area contributed by atoms with Crippen molar-refractivity contribution in [2.24, 2.45) is 0 Å². The van der Waals surface area contributed by atoms with Crippen LogP contribution in [0.5, 0.6) is 0 Å². The minimum absolute atomic E-state index is 0.981. The summed E-state index contributed by atoms with van der Waals surface area (Å²) in [6.45, 7) is 6.46. The van der Waals surface area contributed by atoms with Crippen molar-refractivity contribution in [1.82, 2.24) is 10.2 Å². The summed E-state index contributed by atoms with van der Waals surface area (Å²) in [5, 5.41) is 11.7. The van der Waals surface area contributed by atoms with Crippen molar-refractivity contribution in [3.8, 4) is 11.3 Å². The van der Waals surface area contributed by atoms with Crippen LogP contribution in [0.25, 0.3) is 22.0 Å². The van der Waals surface area contributed by atoms with Gasteiger partial charge in [0.1, 0.15) is 5.69 Å². The zero-order valence-corrected chi connectivity index (χ0v) is 14.4. The SMILES string of the molecule is Cc1ccc(-c2nnc(N3CCCCC3)c3ccccc23)cc1C. The second-order valence-corrected chi connectivity index (χ2v) is 6.76. The molecule has 1 aliphatic heterocycles. The normalized spacial score (nSPS) is 15.0. The zero-order valence-electron chi connectivity index (χ0n) is 14.4. The van der Waals surface area contributed by atoms with Crippen molar-refractivity contribution in [2.75, 3.05) is 18.0 Å². The summed E-state index contributed by atoms with van der Waals surface area (Å²) in [6.07, 6.45) is 3.81. The van der Waals surface area contributed by atoms with Crippen LogP contribution in [0.3, 0.4) is 0 Å². The van der Waals surface area contributed by atoms with E-state index in [9.17, 15) is 0 Å². The van der Waals surface area contributed by atoms with Crippen LogP contribution in [0, 0.1) is 13.8 Å². The van der Waals surface area contributed by atoms with E-state index in [-0.39, 0.29) is 0 Å². The molecule has 0 unspecified atom stereocenters. The molecular formula is C21H23N3. The van der Waals surface area contributed by atoms with Crippen LogP contribution in [0.15, 0.2) is 42.5 Å². The van der Waals surface area contributed by atoms with E-state index >= 15 is 0 Å². The van der Waals surface area contributed by atoms with Crippen molar-refractivity contribution in [1.29, 1.82) is 0 Å². The number of benzene rings is 2. The number of hydrogen-bond acceptors (Lipinski definition) is 3. The molecule has 3 heteroatoms. The smallest absolute Gasteiger partial charge is 0.159 e. The van der Waals surface area contributed by atoms with Gasteiger partial charge >= 0.3 is 0 Å². The van der Waals surface area contributed by atoms with Gasteiger partial charge in [-0.25, -0.2) is 0 Å². The van der Waals surface area contributed by atoms with Gasteiger partial charge in [-0.05, 0) is 50.3 Å². The molecule has 24 heavy (non-hydrogen) atoms. The molecule has 0 N–H and O–H groups in total. The summed E-state index contributed by atoms with van der Waals surface area (Å²) >= 11 is 0. The fourth-order valence-electron chi connectivity index (χ4n) is 3.53. The molecule has 1 fully saturated rings. The van der Waals surface area contributed by atoms with Gasteiger partial charge in [0.2, 0.25) is 0 Å². The second-order valence-electron chi connectivity index (χ2n) is 6.76. The Morgan fingerprint density at radius 2 is 1.54 bits per heavy atom. The molecule has 0 bridgehead atoms. The van der Waals surface area contributed by atoms with Gasteiger partial charge in [-0.3, -0.25) is 0 Å². The van der Waals surface area contributed by atoms with Gasteiger partial charge in [0.25, 0.3) is 0 Å². The standard InChI is InChI=1S/C21H23N3/c1-15-10-11-17(14-16(15)2)20-18-8-4-5-9-19(18)21(23-22-20)24-12-6-3-7-13-24/h4-5,8-11,14H,3,6-7,12-13H2,1-2H3.